The Balaban J connectivity index is 0.00000210. The summed E-state index contributed by atoms with van der Waals surface area (Å²) in [6.45, 7) is 4.78. The summed E-state index contributed by atoms with van der Waals surface area (Å²) < 4.78 is 7.46. The van der Waals surface area contributed by atoms with Crippen LogP contribution in [0.15, 0.2) is 48.5 Å². The van der Waals surface area contributed by atoms with E-state index in [1.165, 1.54) is 16.7 Å². The zero-order chi connectivity index (χ0) is 18.1. The molecule has 7 heteroatoms. The van der Waals surface area contributed by atoms with Crippen LogP contribution in [0.4, 0.5) is 11.9 Å². The Kier molecular flexibility index (Phi) is 5.56. The van der Waals surface area contributed by atoms with Crippen LogP contribution < -0.4 is 15.8 Å². The Bertz CT molecular complexity index is 909. The third-order valence-electron chi connectivity index (χ3n) is 4.85. The lowest BCUT2D eigenvalue weighted by Crippen LogP contribution is -2.28. The molecule has 2 aromatic carbocycles. The SMILES string of the molecule is CCOc1ccc(C2CC(c3ccccc3C)n3nc(N)nc3N2)cc1.Cl. The van der Waals surface area contributed by atoms with Gasteiger partial charge in [-0.2, -0.15) is 4.98 Å². The van der Waals surface area contributed by atoms with E-state index in [9.17, 15) is 0 Å². The van der Waals surface area contributed by atoms with Crippen molar-refractivity contribution in [2.75, 3.05) is 17.7 Å². The lowest BCUT2D eigenvalue weighted by atomic mass is 9.91. The Hall–Kier alpha value is -2.73. The molecule has 0 saturated carbocycles. The van der Waals surface area contributed by atoms with E-state index in [0.29, 0.717) is 18.5 Å². The fraction of sp³-hybridized carbons (Fsp3) is 0.300. The number of ether oxygens (including phenoxy) is 1. The molecule has 2 heterocycles. The number of halogens is 1. The Labute approximate surface area is 165 Å². The molecule has 0 radical (unpaired) electrons. The van der Waals surface area contributed by atoms with Crippen LogP contribution >= 0.6 is 12.4 Å². The van der Waals surface area contributed by atoms with Gasteiger partial charge in [0, 0.05) is 0 Å². The summed E-state index contributed by atoms with van der Waals surface area (Å²) in [5, 5.41) is 7.89. The summed E-state index contributed by atoms with van der Waals surface area (Å²) in [6, 6.07) is 16.9. The monoisotopic (exact) mass is 385 g/mol. The lowest BCUT2D eigenvalue weighted by Gasteiger charge is -2.32. The molecule has 4 rings (SSSR count). The highest BCUT2D eigenvalue weighted by Crippen LogP contribution is 2.39. The van der Waals surface area contributed by atoms with Gasteiger partial charge in [-0.05, 0) is 49.1 Å². The molecule has 0 aliphatic carbocycles. The van der Waals surface area contributed by atoms with Crippen LogP contribution in [-0.2, 0) is 0 Å². The van der Waals surface area contributed by atoms with Gasteiger partial charge in [-0.25, -0.2) is 4.68 Å². The molecular formula is C20H24ClN5O. The number of aromatic nitrogens is 3. The van der Waals surface area contributed by atoms with Crippen molar-refractivity contribution in [2.24, 2.45) is 0 Å². The third-order valence-corrected chi connectivity index (χ3v) is 4.85. The smallest absolute Gasteiger partial charge is 0.241 e. The van der Waals surface area contributed by atoms with Crippen LogP contribution in [-0.4, -0.2) is 21.4 Å². The third kappa shape index (κ3) is 3.71. The van der Waals surface area contributed by atoms with Gasteiger partial charge in [0.05, 0.1) is 18.7 Å². The quantitative estimate of drug-likeness (QED) is 0.705. The number of hydrogen-bond acceptors (Lipinski definition) is 5. The molecule has 0 bridgehead atoms. The second-order valence-electron chi connectivity index (χ2n) is 6.55. The number of rotatable bonds is 4. The van der Waals surface area contributed by atoms with Crippen molar-refractivity contribution in [1.29, 1.82) is 0 Å². The summed E-state index contributed by atoms with van der Waals surface area (Å²) in [5.41, 5.74) is 9.56. The van der Waals surface area contributed by atoms with Crippen molar-refractivity contribution >= 4 is 24.3 Å². The Morgan fingerprint density at radius 1 is 1.19 bits per heavy atom. The molecule has 27 heavy (non-hydrogen) atoms. The predicted octanol–water partition coefficient (Wildman–Crippen LogP) is 4.14. The first kappa shape index (κ1) is 19.0. The van der Waals surface area contributed by atoms with E-state index in [4.69, 9.17) is 10.5 Å². The average molecular weight is 386 g/mol. The zero-order valence-corrected chi connectivity index (χ0v) is 16.2. The standard InChI is InChI=1S/C20H23N5O.ClH/c1-3-26-15-10-8-14(9-11-15)17-12-18(16-7-5-4-6-13(16)2)25-20(22-17)23-19(21)24-25;/h4-11,17-18H,3,12H2,1-2H3,(H3,21,22,23,24);1H. The maximum absolute atomic E-state index is 5.87. The van der Waals surface area contributed by atoms with Crippen LogP contribution in [0.1, 0.15) is 42.1 Å². The molecule has 0 amide bonds. The minimum atomic E-state index is 0. The molecule has 1 aromatic heterocycles. The number of benzene rings is 2. The van der Waals surface area contributed by atoms with Crippen LogP contribution in [0.5, 0.6) is 5.75 Å². The highest BCUT2D eigenvalue weighted by molar-refractivity contribution is 5.85. The highest BCUT2D eigenvalue weighted by Gasteiger charge is 2.31. The van der Waals surface area contributed by atoms with Gasteiger partial charge in [0.2, 0.25) is 11.9 Å². The fourth-order valence-electron chi connectivity index (χ4n) is 3.60. The maximum atomic E-state index is 5.87. The largest absolute Gasteiger partial charge is 0.494 e. The van der Waals surface area contributed by atoms with Gasteiger partial charge >= 0.3 is 0 Å². The topological polar surface area (TPSA) is 78.0 Å². The predicted molar refractivity (Wildman–Crippen MR) is 110 cm³/mol. The van der Waals surface area contributed by atoms with Crippen LogP contribution in [0.25, 0.3) is 0 Å². The number of nitrogen functional groups attached to an aromatic ring is 1. The minimum Gasteiger partial charge on any atom is -0.494 e. The molecule has 3 aromatic rings. The molecule has 3 N–H and O–H groups in total. The van der Waals surface area contributed by atoms with Crippen molar-refractivity contribution in [3.63, 3.8) is 0 Å². The normalized spacial score (nSPS) is 18.1. The summed E-state index contributed by atoms with van der Waals surface area (Å²) in [6.07, 6.45) is 0.870. The van der Waals surface area contributed by atoms with Gasteiger partial charge in [-0.1, -0.05) is 36.4 Å². The van der Waals surface area contributed by atoms with Crippen molar-refractivity contribution in [2.45, 2.75) is 32.4 Å². The molecular weight excluding hydrogens is 362 g/mol. The van der Waals surface area contributed by atoms with E-state index in [2.05, 4.69) is 58.7 Å². The number of nitrogens with two attached hydrogens (primary N) is 1. The second-order valence-corrected chi connectivity index (χ2v) is 6.55. The minimum absolute atomic E-state index is 0. The van der Waals surface area contributed by atoms with Crippen molar-refractivity contribution in [3.8, 4) is 5.75 Å². The average Bonchev–Trinajstić information content (AvgIpc) is 3.02. The van der Waals surface area contributed by atoms with Gasteiger partial charge in [0.1, 0.15) is 5.75 Å². The molecule has 2 atom stereocenters. The molecule has 0 fully saturated rings. The van der Waals surface area contributed by atoms with Crippen LogP contribution in [0.2, 0.25) is 0 Å². The number of nitrogens with zero attached hydrogens (tertiary/aromatic N) is 3. The number of hydrogen-bond donors (Lipinski definition) is 2. The second kappa shape index (κ2) is 7.88. The van der Waals surface area contributed by atoms with Gasteiger partial charge < -0.3 is 15.8 Å². The van der Waals surface area contributed by atoms with Gasteiger partial charge in [0.15, 0.2) is 0 Å². The first-order chi connectivity index (χ1) is 12.7. The fourth-order valence-corrected chi connectivity index (χ4v) is 3.60. The van der Waals surface area contributed by atoms with E-state index in [-0.39, 0.29) is 24.5 Å². The molecule has 6 nitrogen and oxygen atoms in total. The van der Waals surface area contributed by atoms with E-state index in [1.807, 2.05) is 23.7 Å². The maximum Gasteiger partial charge on any atom is 0.241 e. The van der Waals surface area contributed by atoms with E-state index < -0.39 is 0 Å². The molecule has 0 spiro atoms. The molecule has 0 saturated heterocycles. The summed E-state index contributed by atoms with van der Waals surface area (Å²) in [7, 11) is 0. The van der Waals surface area contributed by atoms with Crippen LogP contribution in [0.3, 0.4) is 0 Å². The summed E-state index contributed by atoms with van der Waals surface area (Å²) >= 11 is 0. The Morgan fingerprint density at radius 2 is 1.93 bits per heavy atom. The molecule has 142 valence electrons. The molecule has 2 unspecified atom stereocenters. The van der Waals surface area contributed by atoms with Gasteiger partial charge in [0.25, 0.3) is 0 Å². The van der Waals surface area contributed by atoms with E-state index in [0.717, 1.165) is 12.2 Å². The zero-order valence-electron chi connectivity index (χ0n) is 15.4. The number of anilines is 2. The molecule has 1 aliphatic rings. The summed E-state index contributed by atoms with van der Waals surface area (Å²) in [5.74, 6) is 1.88. The Morgan fingerprint density at radius 3 is 2.63 bits per heavy atom. The summed E-state index contributed by atoms with van der Waals surface area (Å²) in [4.78, 5) is 4.37. The van der Waals surface area contributed by atoms with Crippen molar-refractivity contribution in [1.82, 2.24) is 14.8 Å². The van der Waals surface area contributed by atoms with Crippen molar-refractivity contribution in [3.05, 3.63) is 65.2 Å². The van der Waals surface area contributed by atoms with Gasteiger partial charge in [-0.15, -0.1) is 17.5 Å². The highest BCUT2D eigenvalue weighted by atomic mass is 35.5. The van der Waals surface area contributed by atoms with Gasteiger partial charge in [-0.3, -0.25) is 0 Å². The van der Waals surface area contributed by atoms with Crippen molar-refractivity contribution < 1.29 is 4.74 Å². The molecule has 1 aliphatic heterocycles. The van der Waals surface area contributed by atoms with Crippen LogP contribution in [0, 0.1) is 6.92 Å². The number of fused-ring (bicyclic) bond motifs is 1. The first-order valence-corrected chi connectivity index (χ1v) is 8.92. The van der Waals surface area contributed by atoms with E-state index in [1.54, 1.807) is 0 Å². The number of aryl methyl sites for hydroxylation is 1. The number of nitrogens with one attached hydrogen (secondary N) is 1. The first-order valence-electron chi connectivity index (χ1n) is 8.92. The lowest BCUT2D eigenvalue weighted by molar-refractivity contribution is 0.340. The van der Waals surface area contributed by atoms with E-state index >= 15 is 0 Å².